The molecule has 0 aliphatic rings. The Morgan fingerprint density at radius 1 is 0.250 bits per heavy atom. The predicted molar refractivity (Wildman–Crippen MR) is 227 cm³/mol. The van der Waals surface area contributed by atoms with Crippen LogP contribution in [0, 0.1) is 41.5 Å². The Morgan fingerprint density at radius 3 is 0.341 bits per heavy atom. The van der Waals surface area contributed by atoms with Gasteiger partial charge in [0.05, 0.1) is 0 Å². The first kappa shape index (κ1) is 63.4. The number of hydrogen-bond donors (Lipinski definition) is 0. The van der Waals surface area contributed by atoms with E-state index < -0.39 is 47.0 Å². The molecule has 261 valence electrons. The third-order valence-corrected chi connectivity index (χ3v) is 2.73. The van der Waals surface area contributed by atoms with Crippen LogP contribution in [0.4, 0.5) is 0 Å². The molecule has 0 amide bonds. The van der Waals surface area contributed by atoms with Crippen LogP contribution < -0.4 is 0 Å². The maximum Gasteiger partial charge on any atom is 0.564 e. The van der Waals surface area contributed by atoms with E-state index in [1.54, 1.807) is 0 Å². The fourth-order valence-corrected chi connectivity index (χ4v) is 2.40. The Kier molecular flexibility index (Phi) is 47.1. The summed E-state index contributed by atoms with van der Waals surface area (Å²) in [5, 5.41) is 0. The molecule has 2 aromatic rings. The van der Waals surface area contributed by atoms with Gasteiger partial charge in [-0.1, -0.05) is 69.8 Å². The van der Waals surface area contributed by atoms with E-state index in [2.05, 4.69) is 77.9 Å². The van der Waals surface area contributed by atoms with Gasteiger partial charge in [-0.15, -0.1) is 0 Å². The SMILES string of the molecule is Cc1cc(C)cc(C)c1.Cc1cc(C)cc(C)c1.[Cl][Al-]([Cl])([Cl])[Cl].[Cl][Al-]([Cl])([Cl])[Cl].[Cl][Al-]([Cl])([Cl])[Cl].[Cl][Al-]([Cl])([Cl])[Cl].[Cl][Al-]([Cl])([Cl])[Cl].[V]. The molecule has 2 aromatic carbocycles. The molecule has 0 heterocycles. The molecular formula is C18H24Al5Cl20V-5. The molecule has 0 aliphatic carbocycles. The van der Waals surface area contributed by atoms with Crippen molar-refractivity contribution in [1.82, 2.24) is 0 Å². The summed E-state index contributed by atoms with van der Waals surface area (Å²) in [7, 11) is 85.1. The van der Waals surface area contributed by atoms with Crippen LogP contribution in [0.25, 0.3) is 0 Å². The van der Waals surface area contributed by atoms with Gasteiger partial charge < -0.3 is 201 Å². The van der Waals surface area contributed by atoms with Gasteiger partial charge in [0.15, 0.2) is 0 Å². The fourth-order valence-electron chi connectivity index (χ4n) is 2.40. The van der Waals surface area contributed by atoms with Crippen LogP contribution in [0.1, 0.15) is 33.4 Å². The molecule has 0 saturated heterocycles. The number of hydrogen-bond acceptors (Lipinski definition) is 0. The van der Waals surface area contributed by atoms with Gasteiger partial charge in [0, 0.05) is 18.6 Å². The molecule has 26 heteroatoms. The molecule has 0 nitrogen and oxygen atoms in total. The quantitative estimate of drug-likeness (QED) is 0.231. The minimum absolute atomic E-state index is 0. The second kappa shape index (κ2) is 32.7. The third kappa shape index (κ3) is 117. The molecule has 0 aliphatic heterocycles. The summed E-state index contributed by atoms with van der Waals surface area (Å²) < 4.78 is 0. The van der Waals surface area contributed by atoms with Gasteiger partial charge >= 0.3 is 47.0 Å². The zero-order valence-corrected chi connectivity index (χ0v) is 45.6. The van der Waals surface area contributed by atoms with E-state index in [-0.39, 0.29) is 18.6 Å². The summed E-state index contributed by atoms with van der Waals surface area (Å²) in [4.78, 5) is 0. The van der Waals surface area contributed by atoms with Gasteiger partial charge in [-0.25, -0.2) is 0 Å². The zero-order chi connectivity index (χ0) is 36.2. The average Bonchev–Trinajstić information content (AvgIpc) is 2.51. The summed E-state index contributed by atoms with van der Waals surface area (Å²) in [5.74, 6) is 0. The van der Waals surface area contributed by atoms with Crippen LogP contribution >= 0.6 is 201 Å². The summed E-state index contributed by atoms with van der Waals surface area (Å²) in [6, 6.07) is 13.1. The summed E-state index contributed by atoms with van der Waals surface area (Å²) in [6.45, 7) is 12.8. The van der Waals surface area contributed by atoms with Gasteiger partial charge in [-0.05, 0) is 41.5 Å². The van der Waals surface area contributed by atoms with Crippen molar-refractivity contribution in [3.05, 3.63) is 69.8 Å². The molecule has 0 atom stereocenters. The van der Waals surface area contributed by atoms with Crippen LogP contribution in [-0.2, 0) is 18.6 Å². The van der Waals surface area contributed by atoms with Crippen LogP contribution in [0.3, 0.4) is 0 Å². The van der Waals surface area contributed by atoms with Crippen molar-refractivity contribution in [3.63, 3.8) is 0 Å². The summed E-state index contributed by atoms with van der Waals surface area (Å²) >= 11 is 0. The first-order valence-electron chi connectivity index (χ1n) is 10.8. The Bertz CT molecular complexity index is 737. The van der Waals surface area contributed by atoms with Crippen LogP contribution in [0.15, 0.2) is 36.4 Å². The molecule has 0 saturated carbocycles. The van der Waals surface area contributed by atoms with Crippen molar-refractivity contribution in [1.29, 1.82) is 0 Å². The number of halogens is 20. The van der Waals surface area contributed by atoms with Gasteiger partial charge in [0.25, 0.3) is 0 Å². The molecule has 0 N–H and O–H groups in total. The van der Waals surface area contributed by atoms with Crippen LogP contribution in [0.2, 0.25) is 0 Å². The fraction of sp³-hybridized carbons (Fsp3) is 0.333. The predicted octanol–water partition coefficient (Wildman–Crippen LogP) is 17.1. The van der Waals surface area contributed by atoms with E-state index in [4.69, 9.17) is 201 Å². The minimum Gasteiger partial charge on any atom is -0.391 e. The Hall–Kier alpha value is 7.49. The van der Waals surface area contributed by atoms with E-state index in [9.17, 15) is 0 Å². The van der Waals surface area contributed by atoms with Gasteiger partial charge in [0.2, 0.25) is 0 Å². The van der Waals surface area contributed by atoms with Gasteiger partial charge in [0.1, 0.15) is 0 Å². The van der Waals surface area contributed by atoms with Gasteiger partial charge in [-0.3, -0.25) is 0 Å². The van der Waals surface area contributed by atoms with Crippen LogP contribution in [0.5, 0.6) is 0 Å². The minimum atomic E-state index is -2.94. The molecule has 0 aromatic heterocycles. The van der Waals surface area contributed by atoms with Crippen molar-refractivity contribution >= 4 is 248 Å². The summed E-state index contributed by atoms with van der Waals surface area (Å²) in [5.41, 5.74) is 8.13. The number of aryl methyl sites for hydroxylation is 6. The van der Waals surface area contributed by atoms with Crippen molar-refractivity contribution in [3.8, 4) is 0 Å². The average molecular weight is 1140 g/mol. The van der Waals surface area contributed by atoms with E-state index in [1.165, 1.54) is 33.4 Å². The largest absolute Gasteiger partial charge is 0.564 e. The molecular weight excluding hydrogens is 1110 g/mol. The topological polar surface area (TPSA) is 0 Å². The first-order valence-corrected chi connectivity index (χ1v) is 45.7. The Labute approximate surface area is 370 Å². The molecule has 0 bridgehead atoms. The van der Waals surface area contributed by atoms with Crippen molar-refractivity contribution in [2.24, 2.45) is 0 Å². The van der Waals surface area contributed by atoms with E-state index in [0.29, 0.717) is 0 Å². The smallest absolute Gasteiger partial charge is 0.391 e. The molecule has 2 rings (SSSR count). The maximum absolute atomic E-state index is 4.99. The van der Waals surface area contributed by atoms with E-state index in [1.807, 2.05) is 0 Å². The molecule has 44 heavy (non-hydrogen) atoms. The Morgan fingerprint density at radius 2 is 0.295 bits per heavy atom. The van der Waals surface area contributed by atoms with Crippen molar-refractivity contribution < 1.29 is 18.6 Å². The van der Waals surface area contributed by atoms with Crippen molar-refractivity contribution in [2.45, 2.75) is 41.5 Å². The zero-order valence-electron chi connectivity index (χ0n) is 23.4. The molecule has 0 unspecified atom stereocenters. The Balaban J connectivity index is -0.0000000976. The molecule has 1 radical (unpaired) electrons. The van der Waals surface area contributed by atoms with E-state index >= 15 is 0 Å². The second-order valence-electron chi connectivity index (χ2n) is 7.80. The molecule has 0 spiro atoms. The molecule has 0 fully saturated rings. The van der Waals surface area contributed by atoms with Gasteiger partial charge in [-0.2, -0.15) is 0 Å². The maximum atomic E-state index is 4.99. The van der Waals surface area contributed by atoms with E-state index in [0.717, 1.165) is 0 Å². The summed E-state index contributed by atoms with van der Waals surface area (Å²) in [6.07, 6.45) is 0. The monoisotopic (exact) mass is 1130 g/mol. The standard InChI is InChI=1S/2C9H12.5Al.20ClH.V/c2*1-7-4-8(2)6-9(3)5-7;;;;;;;;;;;;;;;;;;;;;;;;;;/h2*4-6H,1-3H3;;;;;;20*1H;/q;;5*+3;;;;;;;;;;;;;;;;;;;;;/p-20. The first-order chi connectivity index (χ1) is 18.4. The number of rotatable bonds is 0. The normalized spacial score (nSPS) is 10.8. The second-order valence-corrected chi connectivity index (χ2v) is 72.1. The third-order valence-electron chi connectivity index (χ3n) is 2.73. The van der Waals surface area contributed by atoms with Crippen molar-refractivity contribution in [2.75, 3.05) is 0 Å². The number of benzene rings is 2. The van der Waals surface area contributed by atoms with Crippen LogP contribution in [-0.4, -0.2) is 47.0 Å².